The van der Waals surface area contributed by atoms with Crippen molar-refractivity contribution in [2.75, 3.05) is 11.8 Å². The monoisotopic (exact) mass is 446 g/mol. The van der Waals surface area contributed by atoms with Gasteiger partial charge in [-0.05, 0) is 38.1 Å². The molecule has 0 unspecified atom stereocenters. The van der Waals surface area contributed by atoms with E-state index in [0.717, 1.165) is 5.69 Å². The number of halogens is 1. The second-order valence-electron chi connectivity index (χ2n) is 6.68. The number of methoxy groups -OCH3 is 1. The minimum absolute atomic E-state index is 0.0387. The number of nitrogens with zero attached hydrogens (tertiary/aromatic N) is 5. The molecule has 4 aromatic rings. The fourth-order valence-corrected chi connectivity index (χ4v) is 4.45. The van der Waals surface area contributed by atoms with Crippen molar-refractivity contribution in [3.8, 4) is 11.6 Å². The van der Waals surface area contributed by atoms with E-state index in [0.29, 0.717) is 33.2 Å². The minimum Gasteiger partial charge on any atom is -0.494 e. The van der Waals surface area contributed by atoms with Crippen LogP contribution in [-0.2, 0) is 17.1 Å². The number of nitrogens with one attached hydrogen (secondary N) is 1. The van der Waals surface area contributed by atoms with Crippen LogP contribution in [0.4, 0.5) is 5.69 Å². The van der Waals surface area contributed by atoms with Gasteiger partial charge in [-0.25, -0.2) is 13.1 Å². The Labute approximate surface area is 178 Å². The van der Waals surface area contributed by atoms with Gasteiger partial charge in [0.15, 0.2) is 5.82 Å². The molecule has 0 saturated carbocycles. The molecule has 0 aliphatic heterocycles. The number of rotatable bonds is 5. The van der Waals surface area contributed by atoms with Gasteiger partial charge in [0.05, 0.1) is 29.0 Å². The topological polar surface area (TPSA) is 104 Å². The fourth-order valence-electron chi connectivity index (χ4n) is 3.29. The molecule has 0 bridgehead atoms. The lowest BCUT2D eigenvalue weighted by molar-refractivity contribution is 0.417. The molecule has 3 heterocycles. The Balaban J connectivity index is 1.94. The predicted octanol–water partition coefficient (Wildman–Crippen LogP) is 3.23. The van der Waals surface area contributed by atoms with Gasteiger partial charge in [0.25, 0.3) is 10.0 Å². The second kappa shape index (κ2) is 7.29. The highest BCUT2D eigenvalue weighted by Crippen LogP contribution is 2.37. The van der Waals surface area contributed by atoms with Crippen LogP contribution in [0.3, 0.4) is 0 Å². The highest BCUT2D eigenvalue weighted by Gasteiger charge is 2.24. The van der Waals surface area contributed by atoms with Crippen molar-refractivity contribution in [2.24, 2.45) is 7.05 Å². The van der Waals surface area contributed by atoms with Crippen molar-refractivity contribution in [1.82, 2.24) is 24.5 Å². The molecule has 156 valence electrons. The SMILES string of the molecule is COc1ccc2c(-n3nc(C)c(Cl)c3C)nn(C)c2c1NS(=O)(=O)c1cccnc1. The van der Waals surface area contributed by atoms with Crippen molar-refractivity contribution >= 4 is 38.2 Å². The first kappa shape index (κ1) is 20.2. The van der Waals surface area contributed by atoms with Crippen LogP contribution >= 0.6 is 11.6 Å². The number of sulfonamides is 1. The van der Waals surface area contributed by atoms with Crippen molar-refractivity contribution < 1.29 is 13.2 Å². The van der Waals surface area contributed by atoms with Crippen LogP contribution < -0.4 is 9.46 Å². The van der Waals surface area contributed by atoms with Crippen LogP contribution in [0, 0.1) is 13.8 Å². The Morgan fingerprint density at radius 1 is 1.17 bits per heavy atom. The second-order valence-corrected chi connectivity index (χ2v) is 8.74. The van der Waals surface area contributed by atoms with E-state index in [-0.39, 0.29) is 10.6 Å². The number of anilines is 1. The molecule has 0 atom stereocenters. The molecular formula is C19H19ClN6O3S. The smallest absolute Gasteiger partial charge is 0.263 e. The number of benzene rings is 1. The van der Waals surface area contributed by atoms with E-state index in [2.05, 4.69) is 19.9 Å². The van der Waals surface area contributed by atoms with Crippen LogP contribution in [0.15, 0.2) is 41.6 Å². The van der Waals surface area contributed by atoms with E-state index < -0.39 is 10.0 Å². The molecule has 4 rings (SSSR count). The van der Waals surface area contributed by atoms with E-state index in [9.17, 15) is 8.42 Å². The molecule has 0 fully saturated rings. The molecule has 0 radical (unpaired) electrons. The lowest BCUT2D eigenvalue weighted by Crippen LogP contribution is -2.14. The lowest BCUT2D eigenvalue weighted by Gasteiger charge is -2.13. The standard InChI is InChI=1S/C19H19ClN6O3S/c1-11-16(20)12(2)26(22-11)19-14-7-8-15(29-4)17(18(14)25(3)23-19)24-30(27,28)13-6-5-9-21-10-13/h5-10,24H,1-4H3. The Hall–Kier alpha value is -3.11. The Morgan fingerprint density at radius 2 is 1.93 bits per heavy atom. The summed E-state index contributed by atoms with van der Waals surface area (Å²) in [6, 6.07) is 6.51. The largest absolute Gasteiger partial charge is 0.494 e. The fraction of sp³-hybridized carbons (Fsp3) is 0.211. The number of pyridine rings is 1. The zero-order valence-corrected chi connectivity index (χ0v) is 18.3. The van der Waals surface area contributed by atoms with E-state index >= 15 is 0 Å². The molecule has 1 aromatic carbocycles. The van der Waals surface area contributed by atoms with E-state index in [1.54, 1.807) is 28.5 Å². The molecule has 0 amide bonds. The molecule has 30 heavy (non-hydrogen) atoms. The highest BCUT2D eigenvalue weighted by molar-refractivity contribution is 7.92. The van der Waals surface area contributed by atoms with Crippen LogP contribution in [-0.4, -0.2) is 40.1 Å². The zero-order chi connectivity index (χ0) is 21.6. The Kier molecular flexibility index (Phi) is 4.91. The van der Waals surface area contributed by atoms with Crippen LogP contribution in [0.25, 0.3) is 16.7 Å². The molecule has 11 heteroatoms. The number of hydrogen-bond acceptors (Lipinski definition) is 6. The van der Waals surface area contributed by atoms with Crippen molar-refractivity contribution in [2.45, 2.75) is 18.7 Å². The van der Waals surface area contributed by atoms with E-state index in [1.165, 1.54) is 25.6 Å². The summed E-state index contributed by atoms with van der Waals surface area (Å²) < 4.78 is 37.1. The molecule has 3 aromatic heterocycles. The summed E-state index contributed by atoms with van der Waals surface area (Å²) in [7, 11) is -0.701. The van der Waals surface area contributed by atoms with Crippen LogP contribution in [0.2, 0.25) is 5.02 Å². The van der Waals surface area contributed by atoms with Crippen LogP contribution in [0.1, 0.15) is 11.4 Å². The first-order valence-electron chi connectivity index (χ1n) is 8.93. The maximum atomic E-state index is 12.9. The maximum Gasteiger partial charge on any atom is 0.263 e. The van der Waals surface area contributed by atoms with Crippen molar-refractivity contribution in [3.63, 3.8) is 0 Å². The van der Waals surface area contributed by atoms with Gasteiger partial charge in [-0.1, -0.05) is 11.6 Å². The third-order valence-electron chi connectivity index (χ3n) is 4.75. The van der Waals surface area contributed by atoms with E-state index in [4.69, 9.17) is 16.3 Å². The van der Waals surface area contributed by atoms with Gasteiger partial charge in [0.2, 0.25) is 0 Å². The van der Waals surface area contributed by atoms with E-state index in [1.807, 2.05) is 19.9 Å². The number of hydrogen-bond donors (Lipinski definition) is 1. The molecule has 9 nitrogen and oxygen atoms in total. The highest BCUT2D eigenvalue weighted by atomic mass is 35.5. The lowest BCUT2D eigenvalue weighted by atomic mass is 10.2. The molecule has 0 spiro atoms. The summed E-state index contributed by atoms with van der Waals surface area (Å²) in [5, 5.41) is 10.3. The van der Waals surface area contributed by atoms with Gasteiger partial charge < -0.3 is 4.74 Å². The van der Waals surface area contributed by atoms with Gasteiger partial charge in [-0.15, -0.1) is 0 Å². The zero-order valence-electron chi connectivity index (χ0n) is 16.7. The molecule has 0 aliphatic carbocycles. The molecular weight excluding hydrogens is 428 g/mol. The third kappa shape index (κ3) is 3.17. The average Bonchev–Trinajstić information content (AvgIpc) is 3.20. The summed E-state index contributed by atoms with van der Waals surface area (Å²) in [5.41, 5.74) is 2.23. The van der Waals surface area contributed by atoms with Gasteiger partial charge >= 0.3 is 0 Å². The van der Waals surface area contributed by atoms with Gasteiger partial charge in [0.1, 0.15) is 16.3 Å². The summed E-state index contributed by atoms with van der Waals surface area (Å²) in [4.78, 5) is 3.93. The molecule has 0 aliphatic rings. The molecule has 1 N–H and O–H groups in total. The number of fused-ring (bicyclic) bond motifs is 1. The first-order valence-corrected chi connectivity index (χ1v) is 10.8. The number of aromatic nitrogens is 5. The summed E-state index contributed by atoms with van der Waals surface area (Å²) in [6.07, 6.45) is 2.79. The van der Waals surface area contributed by atoms with Crippen molar-refractivity contribution in [1.29, 1.82) is 0 Å². The van der Waals surface area contributed by atoms with Gasteiger partial charge in [-0.3, -0.25) is 14.4 Å². The Morgan fingerprint density at radius 3 is 2.53 bits per heavy atom. The average molecular weight is 447 g/mol. The van der Waals surface area contributed by atoms with Crippen molar-refractivity contribution in [3.05, 3.63) is 53.1 Å². The number of ether oxygens (including phenoxy) is 1. The summed E-state index contributed by atoms with van der Waals surface area (Å²) in [5.74, 6) is 0.889. The Bertz CT molecular complexity index is 1360. The maximum absolute atomic E-state index is 12.9. The molecule has 0 saturated heterocycles. The normalized spacial score (nSPS) is 11.8. The van der Waals surface area contributed by atoms with Gasteiger partial charge in [0, 0.05) is 24.8 Å². The third-order valence-corrected chi connectivity index (χ3v) is 6.64. The van der Waals surface area contributed by atoms with Gasteiger partial charge in [-0.2, -0.15) is 10.2 Å². The first-order chi connectivity index (χ1) is 14.2. The quantitative estimate of drug-likeness (QED) is 0.504. The summed E-state index contributed by atoms with van der Waals surface area (Å²) in [6.45, 7) is 3.66. The summed E-state index contributed by atoms with van der Waals surface area (Å²) >= 11 is 6.30. The number of aryl methyl sites for hydroxylation is 2. The predicted molar refractivity (Wildman–Crippen MR) is 114 cm³/mol. The minimum atomic E-state index is -3.90. The van der Waals surface area contributed by atoms with Crippen LogP contribution in [0.5, 0.6) is 5.75 Å².